The maximum Gasteiger partial charge on any atom is 0.311 e. The zero-order chi connectivity index (χ0) is 20.1. The Morgan fingerprint density at radius 3 is 2.78 bits per heavy atom. The Labute approximate surface area is 160 Å². The predicted molar refractivity (Wildman–Crippen MR) is 102 cm³/mol. The molecule has 148 valence electrons. The van der Waals surface area contributed by atoms with Crippen molar-refractivity contribution in [3.63, 3.8) is 0 Å². The highest BCUT2D eigenvalue weighted by atomic mass is 32.2. The van der Waals surface area contributed by atoms with Crippen LogP contribution in [0.2, 0.25) is 0 Å². The minimum atomic E-state index is -3.73. The first-order chi connectivity index (χ1) is 12.7. The summed E-state index contributed by atoms with van der Waals surface area (Å²) in [5.74, 6) is -1.20. The molecule has 1 aliphatic rings. The SMILES string of the molecule is C=CCNS(=O)(=O)c1cccc(C(=O)N[C@]2(C)CCCC[C@@H]2C(=O)OC)c1. The van der Waals surface area contributed by atoms with Crippen molar-refractivity contribution in [3.8, 4) is 0 Å². The highest BCUT2D eigenvalue weighted by Gasteiger charge is 2.42. The zero-order valence-corrected chi connectivity index (χ0v) is 16.5. The normalized spacial score (nSPS) is 22.7. The second-order valence-corrected chi connectivity index (χ2v) is 8.63. The molecule has 1 aromatic carbocycles. The molecule has 0 spiro atoms. The third-order valence-electron chi connectivity index (χ3n) is 4.92. The molecule has 0 aliphatic heterocycles. The highest BCUT2D eigenvalue weighted by Crippen LogP contribution is 2.34. The second-order valence-electron chi connectivity index (χ2n) is 6.86. The van der Waals surface area contributed by atoms with Crippen LogP contribution in [0.5, 0.6) is 0 Å². The summed E-state index contributed by atoms with van der Waals surface area (Å²) in [6, 6.07) is 5.79. The third kappa shape index (κ3) is 4.95. The maximum atomic E-state index is 12.8. The van der Waals surface area contributed by atoms with Crippen LogP contribution in [0.3, 0.4) is 0 Å². The number of esters is 1. The Kier molecular flexibility index (Phi) is 6.78. The summed E-state index contributed by atoms with van der Waals surface area (Å²) in [7, 11) is -2.39. The van der Waals surface area contributed by atoms with Gasteiger partial charge >= 0.3 is 5.97 Å². The van der Waals surface area contributed by atoms with Gasteiger partial charge in [-0.1, -0.05) is 25.0 Å². The van der Waals surface area contributed by atoms with Gasteiger partial charge in [-0.2, -0.15) is 0 Å². The van der Waals surface area contributed by atoms with E-state index in [4.69, 9.17) is 4.74 Å². The fourth-order valence-electron chi connectivity index (χ4n) is 3.39. The van der Waals surface area contributed by atoms with E-state index < -0.39 is 27.4 Å². The first-order valence-electron chi connectivity index (χ1n) is 8.84. The van der Waals surface area contributed by atoms with Crippen molar-refractivity contribution in [2.45, 2.75) is 43.0 Å². The summed E-state index contributed by atoms with van der Waals surface area (Å²) >= 11 is 0. The van der Waals surface area contributed by atoms with Crippen LogP contribution in [0, 0.1) is 5.92 Å². The van der Waals surface area contributed by atoms with Gasteiger partial charge in [0, 0.05) is 12.1 Å². The van der Waals surface area contributed by atoms with E-state index in [1.807, 2.05) is 6.92 Å². The van der Waals surface area contributed by atoms with Crippen molar-refractivity contribution in [3.05, 3.63) is 42.5 Å². The molecule has 0 radical (unpaired) electrons. The van der Waals surface area contributed by atoms with Crippen LogP contribution in [0.1, 0.15) is 43.0 Å². The van der Waals surface area contributed by atoms with Crippen LogP contribution in [0.4, 0.5) is 0 Å². The summed E-state index contributed by atoms with van der Waals surface area (Å²) in [5, 5.41) is 2.93. The zero-order valence-electron chi connectivity index (χ0n) is 15.7. The molecular weight excluding hydrogens is 368 g/mol. The number of amides is 1. The fourth-order valence-corrected chi connectivity index (χ4v) is 4.44. The van der Waals surface area contributed by atoms with Gasteiger partial charge in [-0.05, 0) is 38.0 Å². The van der Waals surface area contributed by atoms with Crippen molar-refractivity contribution in [1.29, 1.82) is 0 Å². The molecule has 27 heavy (non-hydrogen) atoms. The lowest BCUT2D eigenvalue weighted by Gasteiger charge is -2.40. The lowest BCUT2D eigenvalue weighted by molar-refractivity contribution is -0.149. The number of nitrogens with one attached hydrogen (secondary N) is 2. The molecule has 1 aliphatic carbocycles. The minimum absolute atomic E-state index is 0.00434. The lowest BCUT2D eigenvalue weighted by atomic mass is 9.73. The van der Waals surface area contributed by atoms with E-state index in [1.165, 1.54) is 31.4 Å². The number of benzene rings is 1. The molecule has 7 nitrogen and oxygen atoms in total. The average molecular weight is 394 g/mol. The third-order valence-corrected chi connectivity index (χ3v) is 6.34. The molecule has 0 aromatic heterocycles. The van der Waals surface area contributed by atoms with Crippen LogP contribution < -0.4 is 10.0 Å². The smallest absolute Gasteiger partial charge is 0.311 e. The van der Waals surface area contributed by atoms with Gasteiger partial charge in [-0.3, -0.25) is 9.59 Å². The molecule has 8 heteroatoms. The Hall–Kier alpha value is -2.19. The molecule has 1 saturated carbocycles. The van der Waals surface area contributed by atoms with E-state index in [0.29, 0.717) is 12.8 Å². The number of hydrogen-bond donors (Lipinski definition) is 2. The highest BCUT2D eigenvalue weighted by molar-refractivity contribution is 7.89. The van der Waals surface area contributed by atoms with Gasteiger partial charge in [0.1, 0.15) is 0 Å². The van der Waals surface area contributed by atoms with E-state index in [2.05, 4.69) is 16.6 Å². The van der Waals surface area contributed by atoms with Crippen LogP contribution in [0.15, 0.2) is 41.8 Å². The van der Waals surface area contributed by atoms with Crippen molar-refractivity contribution in [2.24, 2.45) is 5.92 Å². The molecule has 0 unspecified atom stereocenters. The number of hydrogen-bond acceptors (Lipinski definition) is 5. The molecule has 2 atom stereocenters. The molecule has 2 N–H and O–H groups in total. The number of ether oxygens (including phenoxy) is 1. The van der Waals surface area contributed by atoms with Gasteiger partial charge in [0.05, 0.1) is 23.5 Å². The van der Waals surface area contributed by atoms with Crippen molar-refractivity contribution in [2.75, 3.05) is 13.7 Å². The van der Waals surface area contributed by atoms with Gasteiger partial charge in [-0.15, -0.1) is 6.58 Å². The molecule has 0 bridgehead atoms. The lowest BCUT2D eigenvalue weighted by Crippen LogP contribution is -2.55. The van der Waals surface area contributed by atoms with Crippen LogP contribution >= 0.6 is 0 Å². The molecule has 1 fully saturated rings. The maximum absolute atomic E-state index is 12.8. The Balaban J connectivity index is 2.23. The fraction of sp³-hybridized carbons (Fsp3) is 0.474. The first kappa shape index (κ1) is 21.1. The van der Waals surface area contributed by atoms with Gasteiger partial charge < -0.3 is 10.1 Å². The Bertz CT molecular complexity index is 821. The summed E-state index contributed by atoms with van der Waals surface area (Å²) in [5.41, 5.74) is -0.523. The van der Waals surface area contributed by atoms with Gasteiger partial charge in [-0.25, -0.2) is 13.1 Å². The van der Waals surface area contributed by atoms with Gasteiger partial charge in [0.15, 0.2) is 0 Å². The molecule has 0 saturated heterocycles. The number of methoxy groups -OCH3 is 1. The first-order valence-corrected chi connectivity index (χ1v) is 10.3. The quantitative estimate of drug-likeness (QED) is 0.544. The standard InChI is InChI=1S/C19H26N2O5S/c1-4-12-20-27(24,25)15-9-7-8-14(13-15)17(22)21-19(2)11-6-5-10-16(19)18(23)26-3/h4,7-9,13,16,20H,1,5-6,10-12H2,2-3H3,(H,21,22)/t16-,19-/m1/s1. The summed E-state index contributed by atoms with van der Waals surface area (Å²) in [6.07, 6.45) is 4.52. The average Bonchev–Trinajstić information content (AvgIpc) is 2.66. The second kappa shape index (κ2) is 8.67. The molecule has 0 heterocycles. The number of rotatable bonds is 7. The number of carbonyl (C=O) groups is 2. The van der Waals surface area contributed by atoms with Crippen LogP contribution in [-0.4, -0.2) is 39.5 Å². The number of carbonyl (C=O) groups excluding carboxylic acids is 2. The largest absolute Gasteiger partial charge is 0.469 e. The van der Waals surface area contributed by atoms with E-state index in [9.17, 15) is 18.0 Å². The summed E-state index contributed by atoms with van der Waals surface area (Å²) in [6.45, 7) is 5.40. The van der Waals surface area contributed by atoms with Crippen LogP contribution in [0.25, 0.3) is 0 Å². The molecule has 2 rings (SSSR count). The predicted octanol–water partition coefficient (Wildman–Crippen LogP) is 2.00. The van der Waals surface area contributed by atoms with Crippen molar-refractivity contribution < 1.29 is 22.7 Å². The Morgan fingerprint density at radius 2 is 2.11 bits per heavy atom. The summed E-state index contributed by atoms with van der Waals surface area (Å²) < 4.78 is 31.8. The topological polar surface area (TPSA) is 102 Å². The monoisotopic (exact) mass is 394 g/mol. The van der Waals surface area contributed by atoms with Gasteiger partial charge in [0.2, 0.25) is 10.0 Å². The summed E-state index contributed by atoms with van der Waals surface area (Å²) in [4.78, 5) is 24.9. The molecule has 1 amide bonds. The molecular formula is C19H26N2O5S. The van der Waals surface area contributed by atoms with Crippen molar-refractivity contribution in [1.82, 2.24) is 10.0 Å². The van der Waals surface area contributed by atoms with E-state index >= 15 is 0 Å². The van der Waals surface area contributed by atoms with Crippen molar-refractivity contribution >= 4 is 21.9 Å². The van der Waals surface area contributed by atoms with E-state index in [1.54, 1.807) is 6.07 Å². The van der Waals surface area contributed by atoms with Gasteiger partial charge in [0.25, 0.3) is 5.91 Å². The van der Waals surface area contributed by atoms with E-state index in [0.717, 1.165) is 12.8 Å². The number of sulfonamides is 1. The van der Waals surface area contributed by atoms with E-state index in [-0.39, 0.29) is 23.0 Å². The van der Waals surface area contributed by atoms with Crippen LogP contribution in [-0.2, 0) is 19.6 Å². The Morgan fingerprint density at radius 1 is 1.37 bits per heavy atom. The molecule has 1 aromatic rings. The minimum Gasteiger partial charge on any atom is -0.469 e.